The van der Waals surface area contributed by atoms with Gasteiger partial charge in [-0.05, 0) is 43.4 Å². The standard InChI is InChI=1S/C16H23ClN2S/c1-11-9-15-14(10-13(11)17)18-16(19-20(15,2)3)12-7-5-4-6-8-12/h9-10,12,16,18-19H,2-8H2,1H3. The lowest BCUT2D eigenvalue weighted by Gasteiger charge is -2.40. The lowest BCUT2D eigenvalue weighted by atomic mass is 9.87. The van der Waals surface area contributed by atoms with Crippen molar-refractivity contribution in [1.29, 1.82) is 0 Å². The van der Waals surface area contributed by atoms with E-state index in [0.717, 1.165) is 16.3 Å². The maximum absolute atomic E-state index is 6.28. The van der Waals surface area contributed by atoms with E-state index in [0.29, 0.717) is 5.92 Å². The second-order valence-corrected chi connectivity index (χ2v) is 8.97. The summed E-state index contributed by atoms with van der Waals surface area (Å²) in [4.78, 5) is 1.19. The number of nitrogens with one attached hydrogen (secondary N) is 2. The Bertz CT molecular complexity index is 616. The lowest BCUT2D eigenvalue weighted by Crippen LogP contribution is -2.44. The number of aryl methyl sites for hydroxylation is 1. The fraction of sp³-hybridized carbons (Fsp3) is 0.500. The van der Waals surface area contributed by atoms with Crippen LogP contribution < -0.4 is 10.0 Å². The van der Waals surface area contributed by atoms with Crippen molar-refractivity contribution in [3.63, 3.8) is 0 Å². The number of hydrogen-bond donors (Lipinski definition) is 2. The van der Waals surface area contributed by atoms with Crippen LogP contribution >= 0.6 is 21.0 Å². The van der Waals surface area contributed by atoms with Gasteiger partial charge in [-0.15, -0.1) is 9.39 Å². The predicted octanol–water partition coefficient (Wildman–Crippen LogP) is 4.51. The zero-order valence-electron chi connectivity index (χ0n) is 12.0. The van der Waals surface area contributed by atoms with Crippen LogP contribution in [0.4, 0.5) is 5.69 Å². The topological polar surface area (TPSA) is 24.1 Å². The molecule has 1 heterocycles. The molecule has 20 heavy (non-hydrogen) atoms. The normalized spacial score (nSPS) is 25.8. The molecule has 0 saturated heterocycles. The summed E-state index contributed by atoms with van der Waals surface area (Å²) in [7, 11) is -1.45. The minimum absolute atomic E-state index is 0.284. The Morgan fingerprint density at radius 3 is 2.60 bits per heavy atom. The summed E-state index contributed by atoms with van der Waals surface area (Å²) in [5, 5.41) is 4.45. The molecule has 1 saturated carbocycles. The molecule has 2 N–H and O–H groups in total. The summed E-state index contributed by atoms with van der Waals surface area (Å²) in [6.45, 7) is 2.03. The third-order valence-electron chi connectivity index (χ3n) is 4.47. The molecule has 4 heteroatoms. The highest BCUT2D eigenvalue weighted by atomic mass is 35.5. The first-order valence-corrected chi connectivity index (χ1v) is 9.66. The maximum atomic E-state index is 6.28. The summed E-state index contributed by atoms with van der Waals surface area (Å²) in [6, 6.07) is 4.17. The van der Waals surface area contributed by atoms with Gasteiger partial charge in [0.2, 0.25) is 0 Å². The Kier molecular flexibility index (Phi) is 3.78. The smallest absolute Gasteiger partial charge is 0.0882 e. The third-order valence-corrected chi connectivity index (χ3v) is 6.76. The molecule has 1 aromatic rings. The Balaban J connectivity index is 1.96. The Labute approximate surface area is 127 Å². The third kappa shape index (κ3) is 2.59. The number of fused-ring (bicyclic) bond motifs is 1. The fourth-order valence-corrected chi connectivity index (χ4v) is 5.25. The average Bonchev–Trinajstić information content (AvgIpc) is 2.41. The van der Waals surface area contributed by atoms with Crippen molar-refractivity contribution in [2.45, 2.75) is 50.1 Å². The number of benzene rings is 1. The van der Waals surface area contributed by atoms with Gasteiger partial charge >= 0.3 is 0 Å². The Hall–Kier alpha value is -0.640. The van der Waals surface area contributed by atoms with Crippen molar-refractivity contribution in [2.75, 3.05) is 5.32 Å². The molecule has 2 aliphatic rings. The molecule has 0 radical (unpaired) electrons. The van der Waals surface area contributed by atoms with Crippen LogP contribution in [-0.4, -0.2) is 17.9 Å². The second-order valence-electron chi connectivity index (χ2n) is 6.12. The van der Waals surface area contributed by atoms with E-state index in [1.165, 1.54) is 37.0 Å². The predicted molar refractivity (Wildman–Crippen MR) is 93.4 cm³/mol. The van der Waals surface area contributed by atoms with Gasteiger partial charge in [0.15, 0.2) is 0 Å². The molecule has 1 aliphatic heterocycles. The van der Waals surface area contributed by atoms with E-state index in [1.54, 1.807) is 0 Å². The molecular weight excluding hydrogens is 288 g/mol. The van der Waals surface area contributed by atoms with Gasteiger partial charge in [0.05, 0.1) is 11.9 Å². The van der Waals surface area contributed by atoms with Crippen molar-refractivity contribution in [3.05, 3.63) is 22.7 Å². The van der Waals surface area contributed by atoms with Gasteiger partial charge in [-0.1, -0.05) is 42.6 Å². The van der Waals surface area contributed by atoms with E-state index in [-0.39, 0.29) is 6.17 Å². The first kappa shape index (κ1) is 14.3. The van der Waals surface area contributed by atoms with Crippen LogP contribution in [0, 0.1) is 12.8 Å². The number of hydrogen-bond acceptors (Lipinski definition) is 2. The Morgan fingerprint density at radius 1 is 1.20 bits per heavy atom. The minimum atomic E-state index is -1.45. The van der Waals surface area contributed by atoms with Crippen LogP contribution in [0.15, 0.2) is 17.0 Å². The zero-order valence-corrected chi connectivity index (χ0v) is 13.6. The molecule has 1 aromatic carbocycles. The molecule has 1 fully saturated rings. The van der Waals surface area contributed by atoms with Crippen molar-refractivity contribution in [2.24, 2.45) is 5.92 Å². The van der Waals surface area contributed by atoms with Gasteiger partial charge in [-0.2, -0.15) is 0 Å². The van der Waals surface area contributed by atoms with Crippen LogP contribution in [0.25, 0.3) is 0 Å². The number of rotatable bonds is 1. The van der Waals surface area contributed by atoms with Crippen LogP contribution in [0.2, 0.25) is 5.02 Å². The van der Waals surface area contributed by atoms with E-state index in [9.17, 15) is 0 Å². The second kappa shape index (κ2) is 5.28. The van der Waals surface area contributed by atoms with Crippen LogP contribution in [0.3, 0.4) is 0 Å². The summed E-state index contributed by atoms with van der Waals surface area (Å²) in [6.07, 6.45) is 6.90. The van der Waals surface area contributed by atoms with Crippen molar-refractivity contribution >= 4 is 38.4 Å². The summed E-state index contributed by atoms with van der Waals surface area (Å²) in [5.41, 5.74) is 2.21. The molecule has 3 rings (SSSR count). The van der Waals surface area contributed by atoms with Gasteiger partial charge < -0.3 is 5.32 Å². The highest BCUT2D eigenvalue weighted by molar-refractivity contribution is 8.26. The van der Waals surface area contributed by atoms with E-state index in [1.807, 2.05) is 13.0 Å². The van der Waals surface area contributed by atoms with Gasteiger partial charge in [-0.25, -0.2) is 4.72 Å². The van der Waals surface area contributed by atoms with Gasteiger partial charge in [0.25, 0.3) is 0 Å². The monoisotopic (exact) mass is 310 g/mol. The molecule has 110 valence electrons. The van der Waals surface area contributed by atoms with Gasteiger partial charge in [-0.3, -0.25) is 0 Å². The molecule has 0 bridgehead atoms. The fourth-order valence-electron chi connectivity index (χ4n) is 3.28. The molecule has 0 spiro atoms. The van der Waals surface area contributed by atoms with Crippen molar-refractivity contribution in [1.82, 2.24) is 4.72 Å². The van der Waals surface area contributed by atoms with Crippen molar-refractivity contribution in [3.8, 4) is 0 Å². The van der Waals surface area contributed by atoms with E-state index < -0.39 is 9.39 Å². The molecule has 1 atom stereocenters. The first-order chi connectivity index (χ1) is 9.47. The van der Waals surface area contributed by atoms with E-state index in [4.69, 9.17) is 11.6 Å². The summed E-state index contributed by atoms with van der Waals surface area (Å²) in [5.74, 6) is 9.40. The lowest BCUT2D eigenvalue weighted by molar-refractivity contribution is 0.310. The molecular formula is C16H23ClN2S. The van der Waals surface area contributed by atoms with E-state index >= 15 is 0 Å². The average molecular weight is 311 g/mol. The maximum Gasteiger partial charge on any atom is 0.0882 e. The summed E-state index contributed by atoms with van der Waals surface area (Å²) < 4.78 is 3.67. The SMILES string of the molecule is C=S1(=C)NC(C2CCCCC2)Nc2cc(Cl)c(C)cc21. The zero-order chi connectivity index (χ0) is 14.3. The molecule has 0 amide bonds. The quantitative estimate of drug-likeness (QED) is 0.746. The molecule has 1 aliphatic carbocycles. The van der Waals surface area contributed by atoms with E-state index in [2.05, 4.69) is 27.8 Å². The van der Waals surface area contributed by atoms with Gasteiger partial charge in [0, 0.05) is 9.92 Å². The van der Waals surface area contributed by atoms with Crippen molar-refractivity contribution < 1.29 is 0 Å². The number of anilines is 1. The minimum Gasteiger partial charge on any atom is -0.368 e. The largest absolute Gasteiger partial charge is 0.368 e. The highest BCUT2D eigenvalue weighted by Crippen LogP contribution is 2.43. The Morgan fingerprint density at radius 2 is 1.90 bits per heavy atom. The van der Waals surface area contributed by atoms with Crippen LogP contribution in [-0.2, 0) is 0 Å². The molecule has 0 aromatic heterocycles. The van der Waals surface area contributed by atoms with Gasteiger partial charge in [0.1, 0.15) is 0 Å². The highest BCUT2D eigenvalue weighted by Gasteiger charge is 2.29. The van der Waals surface area contributed by atoms with Crippen LogP contribution in [0.1, 0.15) is 37.7 Å². The molecule has 1 unspecified atom stereocenters. The van der Waals surface area contributed by atoms with Crippen LogP contribution in [0.5, 0.6) is 0 Å². The number of halogens is 1. The first-order valence-electron chi connectivity index (χ1n) is 7.31. The molecule has 2 nitrogen and oxygen atoms in total. The summed E-state index contributed by atoms with van der Waals surface area (Å²) >= 11 is 6.28.